The van der Waals surface area contributed by atoms with Crippen LogP contribution >= 0.6 is 11.3 Å². The van der Waals surface area contributed by atoms with Crippen molar-refractivity contribution in [3.8, 4) is 0 Å². The zero-order valence-electron chi connectivity index (χ0n) is 10.3. The van der Waals surface area contributed by atoms with Crippen LogP contribution in [0.3, 0.4) is 0 Å². The van der Waals surface area contributed by atoms with Crippen LogP contribution in [0.25, 0.3) is 0 Å². The molecule has 2 unspecified atom stereocenters. The van der Waals surface area contributed by atoms with Gasteiger partial charge in [0.2, 0.25) is 5.91 Å². The predicted octanol–water partition coefficient (Wildman–Crippen LogP) is 1.29. The second kappa shape index (κ2) is 7.42. The Hall–Kier alpha value is -0.910. The first kappa shape index (κ1) is 14.2. The maximum Gasteiger partial charge on any atom is 0.216 e. The van der Waals surface area contributed by atoms with Crippen molar-refractivity contribution < 1.29 is 9.90 Å². The van der Waals surface area contributed by atoms with Crippen molar-refractivity contribution in [1.29, 1.82) is 0 Å². The number of hydrogen-bond donors (Lipinski definition) is 3. The number of carbonyl (C=O) groups excluding carboxylic acids is 1. The van der Waals surface area contributed by atoms with E-state index in [0.717, 1.165) is 17.8 Å². The van der Waals surface area contributed by atoms with Gasteiger partial charge >= 0.3 is 0 Å². The molecule has 0 spiro atoms. The van der Waals surface area contributed by atoms with Crippen LogP contribution in [0.4, 0.5) is 0 Å². The van der Waals surface area contributed by atoms with Crippen LogP contribution in [0, 0.1) is 0 Å². The third-order valence-electron chi connectivity index (χ3n) is 2.50. The second-order valence-corrected chi connectivity index (χ2v) is 5.02. The molecule has 1 aromatic rings. The fraction of sp³-hybridized carbons (Fsp3) is 0.583. The summed E-state index contributed by atoms with van der Waals surface area (Å²) in [6.45, 7) is 4.92. The van der Waals surface area contributed by atoms with Crippen molar-refractivity contribution in [3.05, 3.63) is 22.4 Å². The Morgan fingerprint density at radius 2 is 2.29 bits per heavy atom. The van der Waals surface area contributed by atoms with Crippen LogP contribution in [0.15, 0.2) is 17.5 Å². The zero-order chi connectivity index (χ0) is 12.7. The van der Waals surface area contributed by atoms with Gasteiger partial charge in [-0.1, -0.05) is 6.07 Å². The molecule has 0 saturated carbocycles. The lowest BCUT2D eigenvalue weighted by molar-refractivity contribution is -0.118. The van der Waals surface area contributed by atoms with Gasteiger partial charge in [-0.2, -0.15) is 0 Å². The summed E-state index contributed by atoms with van der Waals surface area (Å²) < 4.78 is 0. The average molecular weight is 256 g/mol. The van der Waals surface area contributed by atoms with Crippen LogP contribution in [0.1, 0.15) is 31.2 Å². The molecule has 1 heterocycles. The zero-order valence-corrected chi connectivity index (χ0v) is 11.1. The molecule has 0 aromatic carbocycles. The molecule has 0 aliphatic rings. The van der Waals surface area contributed by atoms with Crippen molar-refractivity contribution in [1.82, 2.24) is 10.6 Å². The van der Waals surface area contributed by atoms with Crippen LogP contribution in [0.5, 0.6) is 0 Å². The van der Waals surface area contributed by atoms with E-state index in [9.17, 15) is 9.90 Å². The molecule has 96 valence electrons. The van der Waals surface area contributed by atoms with Gasteiger partial charge in [-0.15, -0.1) is 11.3 Å². The number of hydrogen-bond acceptors (Lipinski definition) is 4. The summed E-state index contributed by atoms with van der Waals surface area (Å²) in [5, 5.41) is 17.9. The first-order valence-electron chi connectivity index (χ1n) is 5.80. The van der Waals surface area contributed by atoms with Gasteiger partial charge in [0.15, 0.2) is 0 Å². The van der Waals surface area contributed by atoms with Gasteiger partial charge in [0.25, 0.3) is 0 Å². The second-order valence-electron chi connectivity index (χ2n) is 4.04. The molecule has 0 aliphatic heterocycles. The van der Waals surface area contributed by atoms with Gasteiger partial charge in [-0.05, 0) is 31.3 Å². The van der Waals surface area contributed by atoms with Gasteiger partial charge < -0.3 is 15.7 Å². The minimum Gasteiger partial charge on any atom is -0.386 e. The van der Waals surface area contributed by atoms with E-state index in [2.05, 4.69) is 10.6 Å². The van der Waals surface area contributed by atoms with Crippen molar-refractivity contribution in [2.75, 3.05) is 13.1 Å². The van der Waals surface area contributed by atoms with E-state index in [4.69, 9.17) is 0 Å². The van der Waals surface area contributed by atoms with Crippen LogP contribution in [-0.2, 0) is 4.79 Å². The number of aliphatic hydroxyl groups is 1. The Labute approximate surface area is 106 Å². The van der Waals surface area contributed by atoms with Crippen LogP contribution < -0.4 is 10.6 Å². The molecule has 0 aliphatic carbocycles. The van der Waals surface area contributed by atoms with Crippen LogP contribution in [-0.4, -0.2) is 30.1 Å². The van der Waals surface area contributed by atoms with E-state index < -0.39 is 6.10 Å². The highest BCUT2D eigenvalue weighted by Crippen LogP contribution is 2.21. The molecule has 3 N–H and O–H groups in total. The molecule has 17 heavy (non-hydrogen) atoms. The minimum atomic E-state index is -0.462. The van der Waals surface area contributed by atoms with Gasteiger partial charge in [0.05, 0.1) is 0 Å². The molecule has 5 heteroatoms. The van der Waals surface area contributed by atoms with Gasteiger partial charge in [-0.25, -0.2) is 0 Å². The highest BCUT2D eigenvalue weighted by molar-refractivity contribution is 7.10. The maximum absolute atomic E-state index is 10.6. The van der Waals surface area contributed by atoms with Crippen molar-refractivity contribution >= 4 is 17.2 Å². The summed E-state index contributed by atoms with van der Waals surface area (Å²) in [4.78, 5) is 11.6. The Balaban J connectivity index is 2.16. The van der Waals surface area contributed by atoms with E-state index in [1.165, 1.54) is 6.92 Å². The monoisotopic (exact) mass is 256 g/mol. The summed E-state index contributed by atoms with van der Waals surface area (Å²) in [6.07, 6.45) is 0.400. The van der Waals surface area contributed by atoms with Crippen molar-refractivity contribution in [2.45, 2.75) is 32.4 Å². The normalized spacial score (nSPS) is 14.3. The highest BCUT2D eigenvalue weighted by atomic mass is 32.1. The number of aliphatic hydroxyl groups excluding tert-OH is 1. The van der Waals surface area contributed by atoms with E-state index in [-0.39, 0.29) is 11.9 Å². The lowest BCUT2D eigenvalue weighted by atomic mass is 10.1. The summed E-state index contributed by atoms with van der Waals surface area (Å²) in [7, 11) is 0. The highest BCUT2D eigenvalue weighted by Gasteiger charge is 2.15. The smallest absolute Gasteiger partial charge is 0.216 e. The molecule has 4 nitrogen and oxygen atoms in total. The van der Waals surface area contributed by atoms with Gasteiger partial charge in [0.1, 0.15) is 6.10 Å². The molecule has 0 fully saturated rings. The summed E-state index contributed by atoms with van der Waals surface area (Å²) >= 11 is 1.56. The maximum atomic E-state index is 10.6. The minimum absolute atomic E-state index is 0.00308. The third-order valence-corrected chi connectivity index (χ3v) is 3.45. The lowest BCUT2D eigenvalue weighted by Crippen LogP contribution is -2.34. The first-order valence-corrected chi connectivity index (χ1v) is 6.68. The Morgan fingerprint density at radius 1 is 1.53 bits per heavy atom. The lowest BCUT2D eigenvalue weighted by Gasteiger charge is -2.19. The van der Waals surface area contributed by atoms with E-state index >= 15 is 0 Å². The van der Waals surface area contributed by atoms with E-state index in [1.807, 2.05) is 24.4 Å². The van der Waals surface area contributed by atoms with Gasteiger partial charge in [0, 0.05) is 24.4 Å². The third kappa shape index (κ3) is 5.30. The topological polar surface area (TPSA) is 61.4 Å². The Bertz CT molecular complexity index is 327. The SMILES string of the molecule is CC(=O)NCCCNC(C)C(O)c1cccs1. The molecular weight excluding hydrogens is 236 g/mol. The standard InChI is InChI=1S/C12H20N2O2S/c1-9(12(16)11-5-3-8-17-11)13-6-4-7-14-10(2)15/h3,5,8-9,12-13,16H,4,6-7H2,1-2H3,(H,14,15). The molecule has 0 radical (unpaired) electrons. The fourth-order valence-electron chi connectivity index (χ4n) is 1.50. The average Bonchev–Trinajstić information content (AvgIpc) is 2.80. The summed E-state index contributed by atoms with van der Waals surface area (Å²) in [5.74, 6) is -0.00308. The number of amides is 1. The van der Waals surface area contributed by atoms with Crippen LogP contribution in [0.2, 0.25) is 0 Å². The molecule has 1 rings (SSSR count). The number of nitrogens with one attached hydrogen (secondary N) is 2. The fourth-order valence-corrected chi connectivity index (χ4v) is 2.32. The molecule has 0 bridgehead atoms. The summed E-state index contributed by atoms with van der Waals surface area (Å²) in [6, 6.07) is 3.89. The first-order chi connectivity index (χ1) is 8.11. The van der Waals surface area contributed by atoms with E-state index in [0.29, 0.717) is 6.54 Å². The number of rotatable bonds is 7. The summed E-state index contributed by atoms with van der Waals surface area (Å²) in [5.41, 5.74) is 0. The number of carbonyl (C=O) groups is 1. The van der Waals surface area contributed by atoms with Crippen molar-refractivity contribution in [2.24, 2.45) is 0 Å². The van der Waals surface area contributed by atoms with E-state index in [1.54, 1.807) is 11.3 Å². The largest absolute Gasteiger partial charge is 0.386 e. The molecule has 2 atom stereocenters. The predicted molar refractivity (Wildman–Crippen MR) is 70.0 cm³/mol. The number of thiophene rings is 1. The Kier molecular flexibility index (Phi) is 6.18. The van der Waals surface area contributed by atoms with Gasteiger partial charge in [-0.3, -0.25) is 4.79 Å². The molecule has 1 amide bonds. The Morgan fingerprint density at radius 3 is 2.88 bits per heavy atom. The molecule has 1 aromatic heterocycles. The molecular formula is C12H20N2O2S. The quantitative estimate of drug-likeness (QED) is 0.644. The molecule has 0 saturated heterocycles. The van der Waals surface area contributed by atoms with Crippen molar-refractivity contribution in [3.63, 3.8) is 0 Å².